The largest absolute Gasteiger partial charge is 0.491 e. The summed E-state index contributed by atoms with van der Waals surface area (Å²) in [7, 11) is 0. The molecular formula is C16H26N2O3. The van der Waals surface area contributed by atoms with E-state index in [2.05, 4.69) is 10.6 Å². The van der Waals surface area contributed by atoms with E-state index in [4.69, 9.17) is 9.47 Å². The maximum absolute atomic E-state index is 11.7. The van der Waals surface area contributed by atoms with Crippen LogP contribution in [0.3, 0.4) is 0 Å². The number of ether oxygens (including phenoxy) is 2. The third kappa shape index (κ3) is 8.19. The quantitative estimate of drug-likeness (QED) is 0.723. The normalized spacial score (nSPS) is 11.0. The van der Waals surface area contributed by atoms with Gasteiger partial charge in [0, 0.05) is 23.9 Å². The fourth-order valence-electron chi connectivity index (χ4n) is 1.70. The second-order valence-electron chi connectivity index (χ2n) is 5.72. The van der Waals surface area contributed by atoms with Gasteiger partial charge in [-0.2, -0.15) is 0 Å². The molecule has 0 aliphatic rings. The lowest BCUT2D eigenvalue weighted by Crippen LogP contribution is -2.43. The van der Waals surface area contributed by atoms with E-state index in [-0.39, 0.29) is 18.0 Å². The third-order valence-corrected chi connectivity index (χ3v) is 2.50. The number of benzene rings is 1. The van der Waals surface area contributed by atoms with Crippen LogP contribution in [-0.2, 0) is 9.53 Å². The minimum Gasteiger partial charge on any atom is -0.491 e. The van der Waals surface area contributed by atoms with Crippen LogP contribution in [0.4, 0.5) is 5.69 Å². The van der Waals surface area contributed by atoms with Crippen molar-refractivity contribution in [3.63, 3.8) is 0 Å². The molecule has 0 fully saturated rings. The number of carbonyl (C=O) groups excluding carboxylic acids is 1. The molecule has 21 heavy (non-hydrogen) atoms. The van der Waals surface area contributed by atoms with Gasteiger partial charge in [0.2, 0.25) is 5.91 Å². The number of carbonyl (C=O) groups is 1. The van der Waals surface area contributed by atoms with E-state index in [9.17, 15) is 4.79 Å². The fourth-order valence-corrected chi connectivity index (χ4v) is 1.70. The Balaban J connectivity index is 2.40. The van der Waals surface area contributed by atoms with Gasteiger partial charge in [-0.1, -0.05) is 6.07 Å². The van der Waals surface area contributed by atoms with Gasteiger partial charge in [-0.05, 0) is 39.8 Å². The Kier molecular flexibility index (Phi) is 7.02. The van der Waals surface area contributed by atoms with Crippen LogP contribution in [0.15, 0.2) is 24.3 Å². The van der Waals surface area contributed by atoms with Crippen LogP contribution >= 0.6 is 0 Å². The minimum atomic E-state index is -0.219. The van der Waals surface area contributed by atoms with Crippen molar-refractivity contribution in [3.05, 3.63) is 24.3 Å². The van der Waals surface area contributed by atoms with E-state index in [0.717, 1.165) is 11.4 Å². The van der Waals surface area contributed by atoms with Gasteiger partial charge in [-0.15, -0.1) is 0 Å². The van der Waals surface area contributed by atoms with Crippen molar-refractivity contribution < 1.29 is 14.3 Å². The van der Waals surface area contributed by atoms with Gasteiger partial charge in [0.1, 0.15) is 12.4 Å². The van der Waals surface area contributed by atoms with E-state index in [1.54, 1.807) is 0 Å². The van der Waals surface area contributed by atoms with Crippen molar-refractivity contribution in [1.82, 2.24) is 5.32 Å². The average Bonchev–Trinajstić information content (AvgIpc) is 2.40. The summed E-state index contributed by atoms with van der Waals surface area (Å²) in [5.74, 6) is 0.723. The van der Waals surface area contributed by atoms with Gasteiger partial charge in [0.05, 0.1) is 13.2 Å². The molecule has 118 valence electrons. The average molecular weight is 294 g/mol. The zero-order valence-corrected chi connectivity index (χ0v) is 13.4. The Bertz CT molecular complexity index is 441. The van der Waals surface area contributed by atoms with Crippen molar-refractivity contribution in [2.45, 2.75) is 33.2 Å². The van der Waals surface area contributed by atoms with Crippen LogP contribution in [-0.4, -0.2) is 37.8 Å². The molecule has 0 heterocycles. The maximum atomic E-state index is 11.7. The minimum absolute atomic E-state index is 0.0369. The highest BCUT2D eigenvalue weighted by atomic mass is 16.5. The Morgan fingerprint density at radius 1 is 1.24 bits per heavy atom. The summed E-state index contributed by atoms with van der Waals surface area (Å²) < 4.78 is 10.8. The highest BCUT2D eigenvalue weighted by molar-refractivity contribution is 5.81. The van der Waals surface area contributed by atoms with Gasteiger partial charge in [0.15, 0.2) is 0 Å². The smallest absolute Gasteiger partial charge is 0.239 e. The first-order valence-corrected chi connectivity index (χ1v) is 7.26. The predicted octanol–water partition coefficient (Wildman–Crippen LogP) is 2.43. The van der Waals surface area contributed by atoms with Crippen LogP contribution in [0.25, 0.3) is 0 Å². The van der Waals surface area contributed by atoms with Gasteiger partial charge in [-0.25, -0.2) is 0 Å². The van der Waals surface area contributed by atoms with Crippen molar-refractivity contribution in [2.75, 3.05) is 31.7 Å². The molecule has 1 rings (SSSR count). The first-order chi connectivity index (χ1) is 9.90. The molecule has 0 aromatic heterocycles. The van der Waals surface area contributed by atoms with Crippen LogP contribution in [0, 0.1) is 0 Å². The summed E-state index contributed by atoms with van der Waals surface area (Å²) in [6.07, 6.45) is 0. The van der Waals surface area contributed by atoms with Gasteiger partial charge in [0.25, 0.3) is 0 Å². The first kappa shape index (κ1) is 17.3. The zero-order valence-electron chi connectivity index (χ0n) is 13.4. The molecule has 0 aliphatic carbocycles. The third-order valence-electron chi connectivity index (χ3n) is 2.50. The summed E-state index contributed by atoms with van der Waals surface area (Å²) in [5, 5.41) is 5.99. The lowest BCUT2D eigenvalue weighted by molar-refractivity contribution is -0.120. The number of rotatable bonds is 8. The number of amides is 1. The lowest BCUT2D eigenvalue weighted by Gasteiger charge is -2.20. The molecule has 2 N–H and O–H groups in total. The van der Waals surface area contributed by atoms with Gasteiger partial charge >= 0.3 is 0 Å². The van der Waals surface area contributed by atoms with Crippen molar-refractivity contribution >= 4 is 11.6 Å². The van der Waals surface area contributed by atoms with Crippen LogP contribution in [0.5, 0.6) is 5.75 Å². The molecule has 5 nitrogen and oxygen atoms in total. The molecule has 0 saturated heterocycles. The monoisotopic (exact) mass is 294 g/mol. The predicted molar refractivity (Wildman–Crippen MR) is 84.8 cm³/mol. The Hall–Kier alpha value is -1.75. The highest BCUT2D eigenvalue weighted by Crippen LogP contribution is 2.17. The maximum Gasteiger partial charge on any atom is 0.239 e. The van der Waals surface area contributed by atoms with E-state index in [1.807, 2.05) is 52.0 Å². The SMILES string of the molecule is CCOCCOc1cccc(NCC(=O)NC(C)(C)C)c1. The standard InChI is InChI=1S/C16H26N2O3/c1-5-20-9-10-21-14-8-6-7-13(11-14)17-12-15(19)18-16(2,3)4/h6-8,11,17H,5,9-10,12H2,1-4H3,(H,18,19). The van der Waals surface area contributed by atoms with Gasteiger partial charge < -0.3 is 20.1 Å². The molecule has 0 unspecified atom stereocenters. The molecular weight excluding hydrogens is 268 g/mol. The highest BCUT2D eigenvalue weighted by Gasteiger charge is 2.13. The second-order valence-corrected chi connectivity index (χ2v) is 5.72. The summed E-state index contributed by atoms with van der Waals surface area (Å²) in [6, 6.07) is 7.54. The van der Waals surface area contributed by atoms with Crippen LogP contribution in [0.2, 0.25) is 0 Å². The van der Waals surface area contributed by atoms with E-state index < -0.39 is 0 Å². The lowest BCUT2D eigenvalue weighted by atomic mass is 10.1. The number of hydrogen-bond acceptors (Lipinski definition) is 4. The Morgan fingerprint density at radius 2 is 2.00 bits per heavy atom. The molecule has 0 bridgehead atoms. The molecule has 5 heteroatoms. The molecule has 1 aromatic carbocycles. The Labute approximate surface area is 127 Å². The molecule has 0 saturated carbocycles. The number of nitrogens with one attached hydrogen (secondary N) is 2. The van der Waals surface area contributed by atoms with E-state index in [0.29, 0.717) is 19.8 Å². The summed E-state index contributed by atoms with van der Waals surface area (Å²) in [6.45, 7) is 9.83. The number of hydrogen-bond donors (Lipinski definition) is 2. The zero-order chi connectivity index (χ0) is 15.7. The topological polar surface area (TPSA) is 59.6 Å². The summed E-state index contributed by atoms with van der Waals surface area (Å²) in [5.41, 5.74) is 0.635. The molecule has 0 spiro atoms. The van der Waals surface area contributed by atoms with Crippen LogP contribution < -0.4 is 15.4 Å². The first-order valence-electron chi connectivity index (χ1n) is 7.26. The second kappa shape index (κ2) is 8.52. The van der Waals surface area contributed by atoms with E-state index >= 15 is 0 Å². The molecule has 0 radical (unpaired) electrons. The van der Waals surface area contributed by atoms with Crippen molar-refractivity contribution in [1.29, 1.82) is 0 Å². The molecule has 0 atom stereocenters. The molecule has 1 aromatic rings. The van der Waals surface area contributed by atoms with Crippen molar-refractivity contribution in [3.8, 4) is 5.75 Å². The van der Waals surface area contributed by atoms with E-state index in [1.165, 1.54) is 0 Å². The van der Waals surface area contributed by atoms with Crippen LogP contribution in [0.1, 0.15) is 27.7 Å². The summed E-state index contributed by atoms with van der Waals surface area (Å²) >= 11 is 0. The molecule has 0 aliphatic heterocycles. The molecule has 1 amide bonds. The fraction of sp³-hybridized carbons (Fsp3) is 0.562. The Morgan fingerprint density at radius 3 is 2.67 bits per heavy atom. The van der Waals surface area contributed by atoms with Gasteiger partial charge in [-0.3, -0.25) is 4.79 Å². The number of anilines is 1. The summed E-state index contributed by atoms with van der Waals surface area (Å²) in [4.78, 5) is 11.7. The van der Waals surface area contributed by atoms with Crippen molar-refractivity contribution in [2.24, 2.45) is 0 Å².